The fourth-order valence-electron chi connectivity index (χ4n) is 1.55. The molecule has 0 saturated carbocycles. The van der Waals surface area contributed by atoms with Gasteiger partial charge in [-0.15, -0.1) is 15.7 Å². The highest BCUT2D eigenvalue weighted by atomic mass is 32.2. The number of nitrogens with two attached hydrogens (primary N) is 2. The Morgan fingerprint density at radius 1 is 1.53 bits per heavy atom. The summed E-state index contributed by atoms with van der Waals surface area (Å²) in [5, 5.41) is 7.54. The van der Waals surface area contributed by atoms with Crippen LogP contribution in [0.3, 0.4) is 0 Å². The Kier molecular flexibility index (Phi) is 5.66. The van der Waals surface area contributed by atoms with E-state index in [1.54, 1.807) is 6.07 Å². The molecule has 108 valence electrons. The SMILES string of the molecule is CCc1csc(S(N)(=O)=NC(=O)[C@@H](N)CC(C)C)c1. The molecule has 1 unspecified atom stereocenters. The molecule has 0 aliphatic rings. The van der Waals surface area contributed by atoms with Gasteiger partial charge in [-0.3, -0.25) is 4.79 Å². The van der Waals surface area contributed by atoms with Crippen molar-refractivity contribution < 1.29 is 9.00 Å². The minimum atomic E-state index is -3.17. The highest BCUT2D eigenvalue weighted by molar-refractivity contribution is 7.93. The maximum absolute atomic E-state index is 12.3. The molecule has 1 aromatic heterocycles. The van der Waals surface area contributed by atoms with Gasteiger partial charge in [-0.2, -0.15) is 0 Å². The molecule has 0 aliphatic carbocycles. The second-order valence-corrected chi connectivity index (χ2v) is 7.79. The highest BCUT2D eigenvalue weighted by Gasteiger charge is 2.18. The van der Waals surface area contributed by atoms with Crippen molar-refractivity contribution in [2.24, 2.45) is 21.2 Å². The molecule has 1 amide bonds. The molecule has 2 atom stereocenters. The summed E-state index contributed by atoms with van der Waals surface area (Å²) in [4.78, 5) is 11.8. The van der Waals surface area contributed by atoms with Gasteiger partial charge in [0.05, 0.1) is 6.04 Å². The van der Waals surface area contributed by atoms with Crippen molar-refractivity contribution in [3.8, 4) is 0 Å². The molecule has 0 fully saturated rings. The molecule has 0 spiro atoms. The molecule has 1 aromatic rings. The molecule has 19 heavy (non-hydrogen) atoms. The van der Waals surface area contributed by atoms with E-state index in [0.29, 0.717) is 10.6 Å². The van der Waals surface area contributed by atoms with Crippen molar-refractivity contribution in [1.82, 2.24) is 0 Å². The van der Waals surface area contributed by atoms with Gasteiger partial charge in [0.1, 0.15) is 4.21 Å². The quantitative estimate of drug-likeness (QED) is 0.869. The van der Waals surface area contributed by atoms with Crippen LogP contribution in [0, 0.1) is 5.92 Å². The van der Waals surface area contributed by atoms with Gasteiger partial charge in [0.2, 0.25) is 0 Å². The lowest BCUT2D eigenvalue weighted by Gasteiger charge is -2.10. The number of hydrogen-bond acceptors (Lipinski definition) is 4. The maximum Gasteiger partial charge on any atom is 0.271 e. The zero-order valence-corrected chi connectivity index (χ0v) is 13.1. The number of rotatable bonds is 5. The van der Waals surface area contributed by atoms with E-state index in [1.807, 2.05) is 26.2 Å². The Hall–Kier alpha value is -0.760. The van der Waals surface area contributed by atoms with Crippen LogP contribution in [-0.4, -0.2) is 16.2 Å². The normalized spacial score (nSPS) is 16.1. The molecule has 0 radical (unpaired) electrons. The summed E-state index contributed by atoms with van der Waals surface area (Å²) in [6.45, 7) is 5.91. The first-order valence-electron chi connectivity index (χ1n) is 6.18. The Morgan fingerprint density at radius 3 is 2.63 bits per heavy atom. The molecule has 4 N–H and O–H groups in total. The zero-order chi connectivity index (χ0) is 14.6. The lowest BCUT2D eigenvalue weighted by atomic mass is 10.0. The van der Waals surface area contributed by atoms with Crippen LogP contribution in [0.15, 0.2) is 20.0 Å². The second-order valence-electron chi connectivity index (χ2n) is 4.86. The van der Waals surface area contributed by atoms with Crippen molar-refractivity contribution in [1.29, 1.82) is 0 Å². The third-order valence-corrected chi connectivity index (χ3v) is 5.52. The van der Waals surface area contributed by atoms with Gasteiger partial charge in [0.25, 0.3) is 5.91 Å². The summed E-state index contributed by atoms with van der Waals surface area (Å²) in [5.74, 6) is -0.316. The number of aryl methyl sites for hydroxylation is 1. The van der Waals surface area contributed by atoms with Crippen molar-refractivity contribution in [2.75, 3.05) is 0 Å². The molecule has 0 aromatic carbocycles. The predicted octanol–water partition coefficient (Wildman–Crippen LogP) is 1.91. The Bertz CT molecular complexity index is 557. The first kappa shape index (κ1) is 16.3. The highest BCUT2D eigenvalue weighted by Crippen LogP contribution is 2.21. The van der Waals surface area contributed by atoms with Gasteiger partial charge in [-0.05, 0) is 35.8 Å². The van der Waals surface area contributed by atoms with Crippen LogP contribution in [0.2, 0.25) is 0 Å². The number of hydrogen-bond donors (Lipinski definition) is 2. The summed E-state index contributed by atoms with van der Waals surface area (Å²) in [5.41, 5.74) is 6.75. The van der Waals surface area contributed by atoms with Crippen LogP contribution in [0.1, 0.15) is 32.8 Å². The van der Waals surface area contributed by atoms with E-state index in [0.717, 1.165) is 12.0 Å². The predicted molar refractivity (Wildman–Crippen MR) is 79.2 cm³/mol. The lowest BCUT2D eigenvalue weighted by molar-refractivity contribution is -0.119. The second kappa shape index (κ2) is 6.60. The minimum absolute atomic E-state index is 0.274. The molecule has 1 heterocycles. The summed E-state index contributed by atoms with van der Waals surface area (Å²) in [6.07, 6.45) is 1.33. The van der Waals surface area contributed by atoms with Crippen molar-refractivity contribution in [2.45, 2.75) is 43.9 Å². The molecule has 0 bridgehead atoms. The molecule has 7 heteroatoms. The lowest BCUT2D eigenvalue weighted by Crippen LogP contribution is -2.32. The van der Waals surface area contributed by atoms with Crippen LogP contribution in [0.25, 0.3) is 0 Å². The van der Waals surface area contributed by atoms with E-state index in [4.69, 9.17) is 10.9 Å². The topological polar surface area (TPSA) is 98.5 Å². The zero-order valence-electron chi connectivity index (χ0n) is 11.5. The first-order valence-corrected chi connectivity index (χ1v) is 8.63. The van der Waals surface area contributed by atoms with Gasteiger partial charge in [0, 0.05) is 0 Å². The first-order chi connectivity index (χ1) is 8.76. The average molecular weight is 303 g/mol. The average Bonchev–Trinajstić information content (AvgIpc) is 2.76. The summed E-state index contributed by atoms with van der Waals surface area (Å²) < 4.78 is 16.3. The van der Waals surface area contributed by atoms with Gasteiger partial charge in [0.15, 0.2) is 9.92 Å². The number of nitrogens with zero attached hydrogens (tertiary/aromatic N) is 1. The summed E-state index contributed by atoms with van der Waals surface area (Å²) >= 11 is 1.26. The van der Waals surface area contributed by atoms with E-state index in [2.05, 4.69) is 4.36 Å². The molecular weight excluding hydrogens is 282 g/mol. The standard InChI is InChI=1S/C12H21N3O2S2/c1-4-9-6-11(18-7-9)19(14,17)15-12(16)10(13)5-8(2)3/h6-8,10H,4-5,13H2,1-3H3,(H2,14,15,16,17)/t10-,19?/m0/s1. The number of carbonyl (C=O) groups excluding carboxylic acids is 1. The van der Waals surface area contributed by atoms with E-state index in [9.17, 15) is 9.00 Å². The van der Waals surface area contributed by atoms with E-state index < -0.39 is 21.9 Å². The van der Waals surface area contributed by atoms with E-state index in [-0.39, 0.29) is 5.92 Å². The number of carbonyl (C=O) groups is 1. The number of thiophene rings is 1. The van der Waals surface area contributed by atoms with E-state index >= 15 is 0 Å². The van der Waals surface area contributed by atoms with Crippen LogP contribution in [0.4, 0.5) is 0 Å². The minimum Gasteiger partial charge on any atom is -0.320 e. The van der Waals surface area contributed by atoms with Gasteiger partial charge in [-0.1, -0.05) is 20.8 Å². The molecular formula is C12H21N3O2S2. The molecule has 1 rings (SSSR count). The molecule has 0 saturated heterocycles. The van der Waals surface area contributed by atoms with Crippen LogP contribution >= 0.6 is 11.3 Å². The third kappa shape index (κ3) is 4.68. The van der Waals surface area contributed by atoms with Crippen LogP contribution < -0.4 is 10.9 Å². The fourth-order valence-corrected chi connectivity index (χ4v) is 3.89. The summed E-state index contributed by atoms with van der Waals surface area (Å²) in [6, 6.07) is 0.993. The number of amides is 1. The Labute approximate surface area is 118 Å². The monoisotopic (exact) mass is 303 g/mol. The molecule has 0 aliphatic heterocycles. The maximum atomic E-state index is 12.3. The smallest absolute Gasteiger partial charge is 0.271 e. The van der Waals surface area contributed by atoms with E-state index in [1.165, 1.54) is 11.3 Å². The van der Waals surface area contributed by atoms with Gasteiger partial charge >= 0.3 is 0 Å². The Morgan fingerprint density at radius 2 is 2.16 bits per heavy atom. The van der Waals surface area contributed by atoms with Crippen LogP contribution in [0.5, 0.6) is 0 Å². The Balaban J connectivity index is 2.95. The largest absolute Gasteiger partial charge is 0.320 e. The third-order valence-electron chi connectivity index (χ3n) is 2.59. The van der Waals surface area contributed by atoms with Crippen molar-refractivity contribution >= 4 is 27.2 Å². The van der Waals surface area contributed by atoms with Gasteiger partial charge < -0.3 is 5.73 Å². The summed E-state index contributed by atoms with van der Waals surface area (Å²) in [7, 11) is -3.17. The van der Waals surface area contributed by atoms with Crippen molar-refractivity contribution in [3.05, 3.63) is 17.0 Å². The van der Waals surface area contributed by atoms with Crippen molar-refractivity contribution in [3.63, 3.8) is 0 Å². The van der Waals surface area contributed by atoms with Crippen LogP contribution in [-0.2, 0) is 21.1 Å². The molecule has 5 nitrogen and oxygen atoms in total. The fraction of sp³-hybridized carbons (Fsp3) is 0.583. The van der Waals surface area contributed by atoms with Gasteiger partial charge in [-0.25, -0.2) is 9.35 Å².